The molecule has 8 heteroatoms. The maximum atomic E-state index is 12.9. The number of imidazole rings is 1. The lowest BCUT2D eigenvalue weighted by atomic mass is 10.2. The summed E-state index contributed by atoms with van der Waals surface area (Å²) < 4.78 is 26.9. The van der Waals surface area contributed by atoms with E-state index in [1.165, 1.54) is 0 Å². The number of nitrogens with two attached hydrogens (primary N) is 1. The molecule has 2 N–H and O–H groups in total. The maximum absolute atomic E-state index is 12.9. The molecule has 3 rings (SSSR count). The smallest absolute Gasteiger partial charge is 0.206 e. The first-order chi connectivity index (χ1) is 12.1. The van der Waals surface area contributed by atoms with Gasteiger partial charge in [0.05, 0.1) is 24.7 Å². The number of hydrogen-bond acceptors (Lipinski definition) is 6. The van der Waals surface area contributed by atoms with Crippen molar-refractivity contribution < 1.29 is 13.8 Å². The van der Waals surface area contributed by atoms with Crippen LogP contribution in [0, 0.1) is 0 Å². The van der Waals surface area contributed by atoms with Gasteiger partial charge in [0.25, 0.3) is 0 Å². The average molecular weight is 368 g/mol. The summed E-state index contributed by atoms with van der Waals surface area (Å²) in [4.78, 5) is 8.72. The van der Waals surface area contributed by atoms with Gasteiger partial charge in [-0.3, -0.25) is 9.13 Å². The lowest BCUT2D eigenvalue weighted by molar-refractivity contribution is -0.0165. The lowest BCUT2D eigenvalue weighted by Crippen LogP contribution is -2.17. The monoisotopic (exact) mass is 368 g/mol. The van der Waals surface area contributed by atoms with E-state index in [0.29, 0.717) is 19.3 Å². The normalized spacial score (nSPS) is 26.4. The Bertz CT molecular complexity index is 656. The summed E-state index contributed by atoms with van der Waals surface area (Å²) in [5.41, 5.74) is 6.79. The van der Waals surface area contributed by atoms with Crippen molar-refractivity contribution in [3.05, 3.63) is 12.0 Å². The first kappa shape index (κ1) is 18.8. The van der Waals surface area contributed by atoms with Gasteiger partial charge in [0.15, 0.2) is 5.82 Å². The quantitative estimate of drug-likeness (QED) is 0.531. The van der Waals surface area contributed by atoms with Crippen molar-refractivity contribution >= 4 is 19.4 Å². The van der Waals surface area contributed by atoms with Crippen LogP contribution < -0.4 is 5.73 Å². The molecule has 0 spiro atoms. The fourth-order valence-electron chi connectivity index (χ4n) is 3.37. The second kappa shape index (κ2) is 8.12. The highest BCUT2D eigenvalue weighted by Crippen LogP contribution is 2.62. The van der Waals surface area contributed by atoms with Crippen LogP contribution in [0.2, 0.25) is 0 Å². The van der Waals surface area contributed by atoms with Crippen LogP contribution in [0.15, 0.2) is 11.3 Å². The molecule has 2 fully saturated rings. The third-order valence-electron chi connectivity index (χ3n) is 4.80. The molecule has 0 radical (unpaired) electrons. The topological polar surface area (TPSA) is 91.7 Å². The van der Waals surface area contributed by atoms with Gasteiger partial charge in [0, 0.05) is 24.6 Å². The summed E-state index contributed by atoms with van der Waals surface area (Å²) in [5, 5.41) is 0. The Hall–Kier alpha value is -1.01. The van der Waals surface area contributed by atoms with Crippen molar-refractivity contribution in [1.82, 2.24) is 9.55 Å². The molecule has 3 atom stereocenters. The van der Waals surface area contributed by atoms with Gasteiger partial charge in [-0.25, -0.2) is 9.98 Å². The second-order valence-electron chi connectivity index (χ2n) is 6.78. The molecule has 1 aromatic heterocycles. The molecule has 2 aliphatic rings. The molecule has 1 saturated carbocycles. The van der Waals surface area contributed by atoms with Crippen molar-refractivity contribution in [3.8, 4) is 0 Å². The Kier molecular flexibility index (Phi) is 6.10. The van der Waals surface area contributed by atoms with E-state index in [0.717, 1.165) is 43.6 Å². The number of aliphatic imine (C=N–C) groups is 1. The number of hydrogen-bond donors (Lipinski definition) is 1. The Morgan fingerprint density at radius 1 is 1.48 bits per heavy atom. The molecule has 2 heterocycles. The van der Waals surface area contributed by atoms with Crippen molar-refractivity contribution in [2.24, 2.45) is 10.7 Å². The van der Waals surface area contributed by atoms with Gasteiger partial charge in [0.1, 0.15) is 6.23 Å². The van der Waals surface area contributed by atoms with E-state index in [2.05, 4.69) is 16.9 Å². The van der Waals surface area contributed by atoms with Crippen molar-refractivity contribution in [2.75, 3.05) is 12.8 Å². The highest BCUT2D eigenvalue weighted by atomic mass is 31.2. The third-order valence-corrected chi connectivity index (χ3v) is 8.08. The molecule has 140 valence electrons. The van der Waals surface area contributed by atoms with E-state index in [1.807, 2.05) is 11.5 Å². The van der Waals surface area contributed by atoms with Crippen LogP contribution >= 0.6 is 7.37 Å². The van der Waals surface area contributed by atoms with Crippen LogP contribution in [0.25, 0.3) is 0 Å². The van der Waals surface area contributed by atoms with E-state index in [-0.39, 0.29) is 18.0 Å². The highest BCUT2D eigenvalue weighted by molar-refractivity contribution is 7.60. The summed E-state index contributed by atoms with van der Waals surface area (Å²) in [5.74, 6) is 0.756. The predicted octanol–water partition coefficient (Wildman–Crippen LogP) is 3.61. The summed E-state index contributed by atoms with van der Waals surface area (Å²) in [7, 11) is -2.48. The van der Waals surface area contributed by atoms with E-state index < -0.39 is 7.37 Å². The summed E-state index contributed by atoms with van der Waals surface area (Å²) in [6.07, 6.45) is 8.74. The van der Waals surface area contributed by atoms with Crippen LogP contribution in [-0.2, 0) is 20.4 Å². The Balaban J connectivity index is 1.60. The number of rotatable bonds is 9. The van der Waals surface area contributed by atoms with Crippen LogP contribution in [-0.4, -0.2) is 40.3 Å². The molecule has 3 unspecified atom stereocenters. The van der Waals surface area contributed by atoms with Crippen molar-refractivity contribution in [1.29, 1.82) is 0 Å². The molecule has 0 aromatic carbocycles. The SMILES string of the molecule is C/C=N\c1c(CN)ncn1C1CCC(COP(=O)(CCC)C2CC2)O1. The van der Waals surface area contributed by atoms with E-state index in [1.54, 1.807) is 12.5 Å². The third kappa shape index (κ3) is 4.22. The zero-order chi connectivity index (χ0) is 17.9. The van der Waals surface area contributed by atoms with Gasteiger partial charge in [-0.1, -0.05) is 6.92 Å². The second-order valence-corrected chi connectivity index (χ2v) is 9.67. The molecule has 1 aromatic rings. The summed E-state index contributed by atoms with van der Waals surface area (Å²) >= 11 is 0. The molecule has 1 aliphatic carbocycles. The standard InChI is InChI=1S/C17H29N4O3P/c1-3-9-25(22,14-6-7-14)23-11-13-5-8-16(24-13)21-12-20-15(10-18)17(21)19-4-2/h4,12-14,16H,3,5-11,18H2,1-2H3/b19-4-. The van der Waals surface area contributed by atoms with E-state index >= 15 is 0 Å². The maximum Gasteiger partial charge on any atom is 0.206 e. The lowest BCUT2D eigenvalue weighted by Gasteiger charge is -2.21. The van der Waals surface area contributed by atoms with Crippen molar-refractivity contribution in [3.63, 3.8) is 0 Å². The minimum atomic E-state index is -2.48. The van der Waals surface area contributed by atoms with Gasteiger partial charge in [-0.15, -0.1) is 0 Å². The fraction of sp³-hybridized carbons (Fsp3) is 0.765. The molecule has 7 nitrogen and oxygen atoms in total. The Morgan fingerprint density at radius 2 is 2.28 bits per heavy atom. The average Bonchev–Trinajstić information content (AvgIpc) is 3.24. The van der Waals surface area contributed by atoms with Crippen molar-refractivity contribution in [2.45, 2.75) is 70.5 Å². The van der Waals surface area contributed by atoms with Crippen LogP contribution in [0.5, 0.6) is 0 Å². The van der Waals surface area contributed by atoms with Crippen LogP contribution in [0.4, 0.5) is 5.82 Å². The Labute approximate surface area is 149 Å². The van der Waals surface area contributed by atoms with Gasteiger partial charge >= 0.3 is 0 Å². The number of nitrogens with zero attached hydrogens (tertiary/aromatic N) is 3. The zero-order valence-electron chi connectivity index (χ0n) is 15.1. The minimum Gasteiger partial charge on any atom is -0.352 e. The summed E-state index contributed by atoms with van der Waals surface area (Å²) in [6.45, 7) is 4.69. The molecular formula is C17H29N4O3P. The predicted molar refractivity (Wildman–Crippen MR) is 98.8 cm³/mol. The molecule has 1 saturated heterocycles. The highest BCUT2D eigenvalue weighted by Gasteiger charge is 2.42. The van der Waals surface area contributed by atoms with Gasteiger partial charge in [-0.2, -0.15) is 0 Å². The van der Waals surface area contributed by atoms with Crippen LogP contribution in [0.3, 0.4) is 0 Å². The molecule has 0 bridgehead atoms. The molecule has 0 amide bonds. The fourth-order valence-corrected chi connectivity index (χ4v) is 6.05. The number of aromatic nitrogens is 2. The number of ether oxygens (including phenoxy) is 1. The molecule has 1 aliphatic heterocycles. The summed E-state index contributed by atoms with van der Waals surface area (Å²) in [6, 6.07) is 0. The van der Waals surface area contributed by atoms with E-state index in [4.69, 9.17) is 15.0 Å². The first-order valence-electron chi connectivity index (χ1n) is 9.24. The minimum absolute atomic E-state index is 0.0314. The Morgan fingerprint density at radius 3 is 2.92 bits per heavy atom. The zero-order valence-corrected chi connectivity index (χ0v) is 16.0. The van der Waals surface area contributed by atoms with Gasteiger partial charge in [-0.05, 0) is 39.0 Å². The van der Waals surface area contributed by atoms with Gasteiger partial charge in [0.2, 0.25) is 7.37 Å². The van der Waals surface area contributed by atoms with Gasteiger partial charge < -0.3 is 15.0 Å². The largest absolute Gasteiger partial charge is 0.352 e. The first-order valence-corrected chi connectivity index (χ1v) is 11.1. The molecule has 25 heavy (non-hydrogen) atoms. The van der Waals surface area contributed by atoms with E-state index in [9.17, 15) is 4.57 Å². The molecular weight excluding hydrogens is 339 g/mol. The van der Waals surface area contributed by atoms with Crippen LogP contribution in [0.1, 0.15) is 57.9 Å².